The molecule has 0 aliphatic carbocycles. The number of para-hydroxylation sites is 4. The number of ether oxygens (including phenoxy) is 1. The van der Waals surface area contributed by atoms with Crippen LogP contribution in [0.4, 0.5) is 0 Å². The Morgan fingerprint density at radius 3 is 1.51 bits per heavy atom. The van der Waals surface area contributed by atoms with Gasteiger partial charge in [0.25, 0.3) is 6.33 Å². The Kier molecular flexibility index (Phi) is 9.69. The maximum Gasteiger partial charge on any atom is 0.268 e. The van der Waals surface area contributed by atoms with Gasteiger partial charge in [-0.1, -0.05) is 188 Å². The molecule has 11 aromatic carbocycles. The van der Waals surface area contributed by atoms with E-state index in [0.717, 1.165) is 0 Å². The van der Waals surface area contributed by atoms with E-state index in [1.54, 1.807) is 51.6 Å². The van der Waals surface area contributed by atoms with E-state index in [0.29, 0.717) is 99.8 Å². The predicted octanol–water partition coefficient (Wildman–Crippen LogP) is 18.2. The number of pyridine rings is 1. The molecule has 0 aliphatic rings. The van der Waals surface area contributed by atoms with Crippen LogP contribution in [0.25, 0.3) is 117 Å². The molecule has 0 unspecified atom stereocenters. The van der Waals surface area contributed by atoms with Gasteiger partial charge < -0.3 is 13.9 Å². The van der Waals surface area contributed by atoms with Gasteiger partial charge in [0, 0.05) is 52.5 Å². The van der Waals surface area contributed by atoms with E-state index in [4.69, 9.17) is 14.3 Å². The van der Waals surface area contributed by atoms with Crippen LogP contribution in [0.5, 0.6) is 11.5 Å². The number of fused-ring (bicyclic) bond motifs is 4. The molecule has 0 radical (unpaired) electrons. The molecule has 0 N–H and O–H groups in total. The van der Waals surface area contributed by atoms with E-state index in [1.165, 1.54) is 4.57 Å². The van der Waals surface area contributed by atoms with Crippen molar-refractivity contribution in [3.63, 3.8) is 0 Å². The van der Waals surface area contributed by atoms with Crippen LogP contribution in [0.15, 0.2) is 267 Å². The summed E-state index contributed by atoms with van der Waals surface area (Å²) >= 11 is 0. The zero-order valence-electron chi connectivity index (χ0n) is 56.3. The van der Waals surface area contributed by atoms with Gasteiger partial charge in [0.2, 0.25) is 0 Å². The first kappa shape index (κ1) is 36.4. The van der Waals surface area contributed by atoms with Gasteiger partial charge in [0.05, 0.1) is 27.7 Å². The Bertz CT molecular complexity index is 5010. The topological polar surface area (TPSA) is 35.9 Å². The number of aromatic nitrogens is 4. The van der Waals surface area contributed by atoms with Crippen molar-refractivity contribution in [2.75, 3.05) is 0 Å². The number of benzene rings is 11. The second-order valence-electron chi connectivity index (χ2n) is 18.8. The molecule has 6 heteroatoms. The molecule has 0 saturated heterocycles. The number of nitrogens with zero attached hydrogens (tertiary/aromatic N) is 4. The van der Waals surface area contributed by atoms with Crippen LogP contribution in [0.3, 0.4) is 0 Å². The van der Waals surface area contributed by atoms with Gasteiger partial charge in [-0.05, 0) is 151 Å². The summed E-state index contributed by atoms with van der Waals surface area (Å²) in [4.78, 5) is 4.30. The van der Waals surface area contributed by atoms with E-state index in [2.05, 4.69) is 23.4 Å². The molecule has 0 fully saturated rings. The molecule has 0 saturated carbocycles. The molecule has 0 atom stereocenters. The molecule has 3 heterocycles. The second kappa shape index (κ2) is 21.3. The van der Waals surface area contributed by atoms with Crippen molar-refractivity contribution in [1.29, 1.82) is 0 Å². The summed E-state index contributed by atoms with van der Waals surface area (Å²) in [5.41, 5.74) is 5.77. The van der Waals surface area contributed by atoms with Crippen molar-refractivity contribution in [2.24, 2.45) is 0 Å². The molecule has 0 aliphatic heterocycles. The maximum atomic E-state index is 10.3. The average molecular weight is 1220 g/mol. The standard InChI is InChI=1S/C74H50N4O.Pt/c1-50-39-73(75-48-51(50)2)78-69-34-16-15-31-67(69)68-38-37-64(47-72(68)78)79-63-30-19-29-62(46-63)76-49-77(71-36-18-17-35-70(71)76)74-65(60-42-56(52-21-7-3-8-22-52)40-57(43-60)53-23-9-4-10-24-53)32-20-33-66(74)61-44-58(54-25-11-5-12-26-54)41-59(45-61)55-27-13-6-14-28-55;/h3-45,48H,1-2H3;/q-2;/i1D3,2D3,39D,40D,41D,42D,43D,44D,45D,48D;. The second-order valence-corrected chi connectivity index (χ2v) is 18.8. The first-order chi connectivity index (χ1) is 44.8. The zero-order valence-corrected chi connectivity index (χ0v) is 44.6. The molecule has 80 heavy (non-hydrogen) atoms. The summed E-state index contributed by atoms with van der Waals surface area (Å²) in [6.45, 7) is -6.14. The van der Waals surface area contributed by atoms with Gasteiger partial charge in [-0.15, -0.1) is 29.7 Å². The Labute approximate surface area is 499 Å². The zero-order chi connectivity index (χ0) is 64.8. The van der Waals surface area contributed by atoms with Gasteiger partial charge in [-0.25, -0.2) is 4.98 Å². The summed E-state index contributed by atoms with van der Waals surface area (Å²) in [6.07, 6.45) is 2.82. The van der Waals surface area contributed by atoms with Gasteiger partial charge in [0.15, 0.2) is 0 Å². The van der Waals surface area contributed by atoms with Crippen molar-refractivity contribution < 1.29 is 49.6 Å². The third-order valence-corrected chi connectivity index (χ3v) is 13.9. The third kappa shape index (κ3) is 9.32. The van der Waals surface area contributed by atoms with Crippen LogP contribution >= 0.6 is 0 Å². The number of rotatable bonds is 11. The first-order valence-corrected chi connectivity index (χ1v) is 25.6. The minimum atomic E-state index is -3.09. The number of hydrogen-bond donors (Lipinski definition) is 0. The summed E-state index contributed by atoms with van der Waals surface area (Å²) < 4.78 is 140. The van der Waals surface area contributed by atoms with Crippen LogP contribution < -0.4 is 9.30 Å². The monoisotopic (exact) mass is 1220 g/mol. The summed E-state index contributed by atoms with van der Waals surface area (Å²) in [7, 11) is 0. The van der Waals surface area contributed by atoms with E-state index in [1.807, 2.05) is 176 Å². The molecular formula is C74H50N4OPt-2. The molecule has 0 spiro atoms. The molecule has 14 aromatic rings. The molecule has 3 aromatic heterocycles. The van der Waals surface area contributed by atoms with Crippen molar-refractivity contribution in [1.82, 2.24) is 14.1 Å². The molecule has 0 bridgehead atoms. The average Bonchev–Trinajstić information content (AvgIpc) is 1.26. The maximum absolute atomic E-state index is 10.3. The van der Waals surface area contributed by atoms with Gasteiger partial charge in [0.1, 0.15) is 5.82 Å². The van der Waals surface area contributed by atoms with Crippen molar-refractivity contribution in [3.05, 3.63) is 296 Å². The normalized spacial score (nSPS) is 14.1. The minimum Gasteiger partial charge on any atom is -0.510 e. The fourth-order valence-corrected chi connectivity index (χ4v) is 10.2. The molecule has 14 rings (SSSR count). The fourth-order valence-electron chi connectivity index (χ4n) is 10.2. The van der Waals surface area contributed by atoms with Crippen LogP contribution in [-0.2, 0) is 21.1 Å². The van der Waals surface area contributed by atoms with Crippen LogP contribution in [0, 0.1) is 32.2 Å². The largest absolute Gasteiger partial charge is 0.510 e. The van der Waals surface area contributed by atoms with Crippen molar-refractivity contribution in [2.45, 2.75) is 13.7 Å². The van der Waals surface area contributed by atoms with E-state index in [9.17, 15) is 9.60 Å². The number of hydrogen-bond acceptors (Lipinski definition) is 2. The summed E-state index contributed by atoms with van der Waals surface area (Å²) in [5.74, 6) is 0.109. The van der Waals surface area contributed by atoms with Crippen molar-refractivity contribution in [3.8, 4) is 95.5 Å². The Balaban J connectivity index is 0.00000803. The van der Waals surface area contributed by atoms with Crippen LogP contribution in [0.2, 0.25) is 0 Å². The Hall–Kier alpha value is -9.67. The molecular weight excluding hydrogens is 1160 g/mol. The SMILES string of the molecule is [2H]c1nc(-n2c3[c-]c(Oc4[c-]c(-n5[c-][n+](-c6c(-c7c([2H])c(-c8ccccc8)c([2H])c(-c8ccccc8)c7[2H])cccc6-c6c([2H])c(-c7ccccc7)c([2H])c(-c7ccccc7)c6[2H])c6ccccc65)ccc4)ccc3c3ccccc32)c([2H])c(C([2H])([2H])[2H])c1C([2H])([2H])[2H].[Pt]. The summed E-state index contributed by atoms with van der Waals surface area (Å²) in [5, 5.41) is 1.30. The Morgan fingerprint density at radius 1 is 0.438 bits per heavy atom. The van der Waals surface area contributed by atoms with E-state index >= 15 is 0 Å². The van der Waals surface area contributed by atoms with Crippen molar-refractivity contribution >= 4 is 32.8 Å². The fraction of sp³-hybridized carbons (Fsp3) is 0.0270. The van der Waals surface area contributed by atoms with E-state index in [-0.39, 0.29) is 85.8 Å². The smallest absolute Gasteiger partial charge is 0.268 e. The number of imidazole rings is 1. The summed E-state index contributed by atoms with van der Waals surface area (Å²) in [6, 6.07) is 71.4. The molecule has 0 amide bonds. The quantitative estimate of drug-likeness (QED) is 0.0956. The predicted molar refractivity (Wildman–Crippen MR) is 322 cm³/mol. The van der Waals surface area contributed by atoms with Crippen LogP contribution in [0.1, 0.15) is 30.3 Å². The van der Waals surface area contributed by atoms with Gasteiger partial charge >= 0.3 is 0 Å². The van der Waals surface area contributed by atoms with Gasteiger partial charge in [-0.3, -0.25) is 4.57 Å². The Morgan fingerprint density at radius 2 is 0.938 bits per heavy atom. The molecule has 5 nitrogen and oxygen atoms in total. The van der Waals surface area contributed by atoms with E-state index < -0.39 is 37.0 Å². The van der Waals surface area contributed by atoms with Crippen LogP contribution in [-0.4, -0.2) is 14.1 Å². The molecule has 384 valence electrons. The van der Waals surface area contributed by atoms with Gasteiger partial charge in [-0.2, -0.15) is 18.2 Å². The minimum absolute atomic E-state index is 0. The third-order valence-electron chi connectivity index (χ3n) is 13.9. The first-order valence-electron chi connectivity index (χ1n) is 32.6.